The van der Waals surface area contributed by atoms with E-state index in [1.54, 1.807) is 30.1 Å². The number of amides is 2. The van der Waals surface area contributed by atoms with Crippen molar-refractivity contribution in [1.82, 2.24) is 19.9 Å². The number of imidazole rings is 1. The Kier molecular flexibility index (Phi) is 5.80. The number of nitrogens with zero attached hydrogens (tertiary/aromatic N) is 3. The number of aromatic nitrogens is 2. The van der Waals surface area contributed by atoms with E-state index >= 15 is 0 Å². The van der Waals surface area contributed by atoms with Crippen LogP contribution in [0.5, 0.6) is 0 Å². The third-order valence-corrected chi connectivity index (χ3v) is 4.55. The second kappa shape index (κ2) is 8.44. The second-order valence-electron chi connectivity index (χ2n) is 6.42. The highest BCUT2D eigenvalue weighted by Gasteiger charge is 2.25. The van der Waals surface area contributed by atoms with Gasteiger partial charge in [-0.2, -0.15) is 0 Å². The van der Waals surface area contributed by atoms with Crippen molar-refractivity contribution in [2.45, 2.75) is 19.4 Å². The van der Waals surface area contributed by atoms with E-state index in [1.165, 1.54) is 12.2 Å². The lowest BCUT2D eigenvalue weighted by atomic mass is 9.96. The van der Waals surface area contributed by atoms with Crippen molar-refractivity contribution >= 4 is 17.9 Å². The number of carbonyl (C=O) groups excluding carboxylic acids is 2. The molecule has 2 aromatic rings. The van der Waals surface area contributed by atoms with Gasteiger partial charge in [-0.1, -0.05) is 18.2 Å². The van der Waals surface area contributed by atoms with Gasteiger partial charge in [-0.05, 0) is 36.5 Å². The minimum Gasteiger partial charge on any atom is -0.338 e. The van der Waals surface area contributed by atoms with Gasteiger partial charge >= 0.3 is 0 Å². The molecule has 7 nitrogen and oxygen atoms in total. The molecule has 1 aromatic carbocycles. The summed E-state index contributed by atoms with van der Waals surface area (Å²) in [5.74, 6) is -0.277. The van der Waals surface area contributed by atoms with E-state index in [0.29, 0.717) is 23.6 Å². The van der Waals surface area contributed by atoms with Gasteiger partial charge in [0.15, 0.2) is 0 Å². The summed E-state index contributed by atoms with van der Waals surface area (Å²) in [5, 5.41) is 8.60. The van der Waals surface area contributed by atoms with Crippen LogP contribution in [0.25, 0.3) is 6.08 Å². The third kappa shape index (κ3) is 4.37. The molecule has 2 N–H and O–H groups in total. The molecule has 1 aliphatic heterocycles. The standard InChI is InChI=1S/C19H22N4O3/c24-18(21-26)8-7-16-5-1-2-6-17(16)19(25)23-10-3-4-15(13-23)12-22-11-9-20-14-22/h1-2,5-9,11,14-15,26H,3-4,10,12-13H2,(H,21,24). The molecule has 2 heterocycles. The smallest absolute Gasteiger partial charge is 0.267 e. The fraction of sp³-hybridized carbons (Fsp3) is 0.316. The number of hydrogen-bond acceptors (Lipinski definition) is 4. The lowest BCUT2D eigenvalue weighted by Gasteiger charge is -2.33. The Balaban J connectivity index is 1.72. The summed E-state index contributed by atoms with van der Waals surface area (Å²) >= 11 is 0. The molecular formula is C19H22N4O3. The number of nitrogens with one attached hydrogen (secondary N) is 1. The molecule has 0 aliphatic carbocycles. The first-order chi connectivity index (χ1) is 12.7. The lowest BCUT2D eigenvalue weighted by molar-refractivity contribution is -0.124. The molecule has 136 valence electrons. The van der Waals surface area contributed by atoms with Gasteiger partial charge in [0.05, 0.1) is 6.33 Å². The first-order valence-electron chi connectivity index (χ1n) is 8.63. The Bertz CT molecular complexity index is 786. The summed E-state index contributed by atoms with van der Waals surface area (Å²) in [6.07, 6.45) is 10.3. The van der Waals surface area contributed by atoms with Crippen molar-refractivity contribution < 1.29 is 14.8 Å². The molecule has 1 aliphatic rings. The number of piperidine rings is 1. The molecule has 0 saturated carbocycles. The first kappa shape index (κ1) is 17.9. The Morgan fingerprint density at radius 2 is 2.19 bits per heavy atom. The monoisotopic (exact) mass is 354 g/mol. The maximum atomic E-state index is 13.0. The number of benzene rings is 1. The largest absolute Gasteiger partial charge is 0.338 e. The SMILES string of the molecule is O=C(C=Cc1ccccc1C(=O)N1CCCC(Cn2ccnc2)C1)NO. The van der Waals surface area contributed by atoms with E-state index in [4.69, 9.17) is 5.21 Å². The van der Waals surface area contributed by atoms with E-state index < -0.39 is 5.91 Å². The van der Waals surface area contributed by atoms with Crippen LogP contribution >= 0.6 is 0 Å². The highest BCUT2D eigenvalue weighted by Crippen LogP contribution is 2.22. The molecule has 0 spiro atoms. The van der Waals surface area contributed by atoms with E-state index in [1.807, 2.05) is 27.8 Å². The zero-order valence-corrected chi connectivity index (χ0v) is 14.4. The summed E-state index contributed by atoms with van der Waals surface area (Å²) in [5.41, 5.74) is 2.75. The molecule has 0 radical (unpaired) electrons. The zero-order valence-electron chi connectivity index (χ0n) is 14.4. The molecule has 7 heteroatoms. The maximum Gasteiger partial charge on any atom is 0.267 e. The summed E-state index contributed by atoms with van der Waals surface area (Å²) < 4.78 is 2.04. The van der Waals surface area contributed by atoms with Crippen LogP contribution in [0, 0.1) is 5.92 Å². The van der Waals surface area contributed by atoms with Gasteiger partial charge in [0.1, 0.15) is 0 Å². The van der Waals surface area contributed by atoms with Crippen LogP contribution in [0.4, 0.5) is 0 Å². The topological polar surface area (TPSA) is 87.5 Å². The highest BCUT2D eigenvalue weighted by molar-refractivity contribution is 5.99. The normalized spacial score (nSPS) is 17.4. The Morgan fingerprint density at radius 3 is 2.96 bits per heavy atom. The Hall–Kier alpha value is -2.93. The predicted octanol–water partition coefficient (Wildman–Crippen LogP) is 1.95. The fourth-order valence-electron chi connectivity index (χ4n) is 3.30. The quantitative estimate of drug-likeness (QED) is 0.488. The van der Waals surface area contributed by atoms with Gasteiger partial charge in [0.2, 0.25) is 0 Å². The van der Waals surface area contributed by atoms with Crippen LogP contribution in [0.1, 0.15) is 28.8 Å². The molecule has 1 aromatic heterocycles. The molecule has 26 heavy (non-hydrogen) atoms. The van der Waals surface area contributed by atoms with Crippen molar-refractivity contribution in [3.05, 3.63) is 60.2 Å². The highest BCUT2D eigenvalue weighted by atomic mass is 16.5. The number of hydrogen-bond donors (Lipinski definition) is 2. The van der Waals surface area contributed by atoms with Crippen molar-refractivity contribution in [2.24, 2.45) is 5.92 Å². The van der Waals surface area contributed by atoms with Gasteiger partial charge in [-0.15, -0.1) is 0 Å². The van der Waals surface area contributed by atoms with Gasteiger partial charge in [-0.3, -0.25) is 14.8 Å². The average Bonchev–Trinajstić information content (AvgIpc) is 3.19. The van der Waals surface area contributed by atoms with Crippen molar-refractivity contribution in [1.29, 1.82) is 0 Å². The zero-order chi connectivity index (χ0) is 18.4. The Morgan fingerprint density at radius 1 is 1.35 bits per heavy atom. The molecular weight excluding hydrogens is 332 g/mol. The number of carbonyl (C=O) groups is 2. The summed E-state index contributed by atoms with van der Waals surface area (Å²) in [6.45, 7) is 2.28. The fourth-order valence-corrected chi connectivity index (χ4v) is 3.30. The van der Waals surface area contributed by atoms with E-state index in [0.717, 1.165) is 25.9 Å². The minimum absolute atomic E-state index is 0.0370. The van der Waals surface area contributed by atoms with Crippen LogP contribution in [0.15, 0.2) is 49.1 Å². The van der Waals surface area contributed by atoms with Crippen LogP contribution in [0.2, 0.25) is 0 Å². The van der Waals surface area contributed by atoms with E-state index in [9.17, 15) is 9.59 Å². The van der Waals surface area contributed by atoms with Gasteiger partial charge in [0.25, 0.3) is 11.8 Å². The number of likely N-dealkylation sites (tertiary alicyclic amines) is 1. The first-order valence-corrected chi connectivity index (χ1v) is 8.63. The third-order valence-electron chi connectivity index (χ3n) is 4.55. The minimum atomic E-state index is -0.634. The van der Waals surface area contributed by atoms with Crippen molar-refractivity contribution in [3.8, 4) is 0 Å². The van der Waals surface area contributed by atoms with Crippen molar-refractivity contribution in [2.75, 3.05) is 13.1 Å². The average molecular weight is 354 g/mol. The summed E-state index contributed by atoms with van der Waals surface area (Å²) in [4.78, 5) is 30.2. The van der Waals surface area contributed by atoms with Crippen LogP contribution in [0.3, 0.4) is 0 Å². The maximum absolute atomic E-state index is 13.0. The molecule has 3 rings (SSSR count). The van der Waals surface area contributed by atoms with Gasteiger partial charge in [-0.25, -0.2) is 10.5 Å². The Labute approximate surface area is 151 Å². The predicted molar refractivity (Wildman–Crippen MR) is 96.3 cm³/mol. The molecule has 1 unspecified atom stereocenters. The van der Waals surface area contributed by atoms with Crippen LogP contribution < -0.4 is 5.48 Å². The van der Waals surface area contributed by atoms with Crippen molar-refractivity contribution in [3.63, 3.8) is 0 Å². The van der Waals surface area contributed by atoms with Crippen LogP contribution in [-0.4, -0.2) is 44.6 Å². The summed E-state index contributed by atoms with van der Waals surface area (Å²) in [6, 6.07) is 7.16. The molecule has 1 atom stereocenters. The van der Waals surface area contributed by atoms with Gasteiger partial charge < -0.3 is 9.47 Å². The second-order valence-corrected chi connectivity index (χ2v) is 6.42. The summed E-state index contributed by atoms with van der Waals surface area (Å²) in [7, 11) is 0. The number of hydroxylamine groups is 1. The number of rotatable bonds is 5. The lowest BCUT2D eigenvalue weighted by Crippen LogP contribution is -2.41. The van der Waals surface area contributed by atoms with E-state index in [-0.39, 0.29) is 5.91 Å². The molecule has 1 saturated heterocycles. The molecule has 2 amide bonds. The van der Waals surface area contributed by atoms with E-state index in [2.05, 4.69) is 4.98 Å². The van der Waals surface area contributed by atoms with Crippen LogP contribution in [-0.2, 0) is 11.3 Å². The van der Waals surface area contributed by atoms with Gasteiger partial charge in [0, 0.05) is 43.7 Å². The molecule has 1 fully saturated rings. The molecule has 0 bridgehead atoms.